The summed E-state index contributed by atoms with van der Waals surface area (Å²) in [6, 6.07) is 2.44. The van der Waals surface area contributed by atoms with Crippen molar-refractivity contribution in [1.29, 1.82) is 0 Å². The number of carbonyl (C=O) groups excluding carboxylic acids is 1. The van der Waals surface area contributed by atoms with Crippen molar-refractivity contribution < 1.29 is 9.53 Å². The molecule has 0 aromatic carbocycles. The number of rotatable bonds is 3. The maximum atomic E-state index is 12.1. The first-order valence-corrected chi connectivity index (χ1v) is 6.91. The Morgan fingerprint density at radius 3 is 2.71 bits per heavy atom. The van der Waals surface area contributed by atoms with Gasteiger partial charge in [0.15, 0.2) is 0 Å². The van der Waals surface area contributed by atoms with E-state index in [0.29, 0.717) is 12.6 Å². The lowest BCUT2D eigenvalue weighted by molar-refractivity contribution is 0.0217. The predicted octanol–water partition coefficient (Wildman–Crippen LogP) is 3.65. The summed E-state index contributed by atoms with van der Waals surface area (Å²) >= 11 is 1.66. The van der Waals surface area contributed by atoms with Crippen molar-refractivity contribution in [2.75, 3.05) is 0 Å². The van der Waals surface area contributed by atoms with Gasteiger partial charge in [-0.15, -0.1) is 0 Å². The highest BCUT2D eigenvalue weighted by molar-refractivity contribution is 7.07. The molecule has 0 saturated heterocycles. The highest BCUT2D eigenvalue weighted by Gasteiger charge is 2.35. The molecule has 0 aliphatic heterocycles. The number of hydrogen-bond donors (Lipinski definition) is 0. The molecular weight excluding hydrogens is 234 g/mol. The smallest absolute Gasteiger partial charge is 0.410 e. The topological polar surface area (TPSA) is 29.5 Å². The van der Waals surface area contributed by atoms with Crippen LogP contribution < -0.4 is 0 Å². The van der Waals surface area contributed by atoms with Crippen molar-refractivity contribution in [3.63, 3.8) is 0 Å². The standard InChI is InChI=1S/C13H19NO2S/c1-13(2,3)16-12(15)14(11-4-5-11)8-10-6-7-17-9-10/h6-7,9,11H,4-5,8H2,1-3H3. The second-order valence-electron chi connectivity index (χ2n) is 5.47. The average Bonchev–Trinajstić information content (AvgIpc) is 2.89. The molecule has 1 aromatic rings. The largest absolute Gasteiger partial charge is 0.444 e. The number of thiophene rings is 1. The van der Waals surface area contributed by atoms with Gasteiger partial charge in [-0.3, -0.25) is 0 Å². The van der Waals surface area contributed by atoms with E-state index in [9.17, 15) is 4.79 Å². The van der Waals surface area contributed by atoms with Crippen LogP contribution in [0.25, 0.3) is 0 Å². The minimum atomic E-state index is -0.418. The molecule has 4 heteroatoms. The molecule has 1 aliphatic rings. The molecule has 1 amide bonds. The summed E-state index contributed by atoms with van der Waals surface area (Å²) < 4.78 is 5.44. The first kappa shape index (κ1) is 12.4. The van der Waals surface area contributed by atoms with Crippen LogP contribution in [0.15, 0.2) is 16.8 Å². The zero-order valence-electron chi connectivity index (χ0n) is 10.6. The molecule has 0 bridgehead atoms. The molecule has 0 atom stereocenters. The van der Waals surface area contributed by atoms with Gasteiger partial charge in [-0.05, 0) is 56.0 Å². The van der Waals surface area contributed by atoms with Crippen LogP contribution in [0.5, 0.6) is 0 Å². The van der Waals surface area contributed by atoms with Crippen LogP contribution in [-0.2, 0) is 11.3 Å². The SMILES string of the molecule is CC(C)(C)OC(=O)N(Cc1ccsc1)C1CC1. The van der Waals surface area contributed by atoms with E-state index in [4.69, 9.17) is 4.74 Å². The van der Waals surface area contributed by atoms with Crippen LogP contribution in [0, 0.1) is 0 Å². The molecule has 1 fully saturated rings. The third-order valence-electron chi connectivity index (χ3n) is 2.55. The molecule has 3 nitrogen and oxygen atoms in total. The molecule has 1 aromatic heterocycles. The molecule has 0 radical (unpaired) electrons. The summed E-state index contributed by atoms with van der Waals surface area (Å²) in [5, 5.41) is 4.12. The van der Waals surface area contributed by atoms with Gasteiger partial charge in [-0.25, -0.2) is 4.79 Å². The molecule has 1 heterocycles. The molecule has 0 unspecified atom stereocenters. The maximum absolute atomic E-state index is 12.1. The Hall–Kier alpha value is -1.03. The van der Waals surface area contributed by atoms with Crippen LogP contribution in [0.4, 0.5) is 4.79 Å². The van der Waals surface area contributed by atoms with Gasteiger partial charge in [0.25, 0.3) is 0 Å². The number of hydrogen-bond acceptors (Lipinski definition) is 3. The maximum Gasteiger partial charge on any atom is 0.410 e. The van der Waals surface area contributed by atoms with Gasteiger partial charge in [-0.1, -0.05) is 0 Å². The fraction of sp³-hybridized carbons (Fsp3) is 0.615. The Balaban J connectivity index is 1.99. The minimum Gasteiger partial charge on any atom is -0.444 e. The highest BCUT2D eigenvalue weighted by atomic mass is 32.1. The second kappa shape index (κ2) is 4.69. The zero-order valence-corrected chi connectivity index (χ0v) is 11.4. The summed E-state index contributed by atoms with van der Waals surface area (Å²) in [5.74, 6) is 0. The fourth-order valence-corrected chi connectivity index (χ4v) is 2.29. The van der Waals surface area contributed by atoms with E-state index in [1.807, 2.05) is 31.1 Å². The molecule has 2 rings (SSSR count). The minimum absolute atomic E-state index is 0.189. The number of amides is 1. The van der Waals surface area contributed by atoms with Crippen molar-refractivity contribution in [3.8, 4) is 0 Å². The van der Waals surface area contributed by atoms with Crippen molar-refractivity contribution in [3.05, 3.63) is 22.4 Å². The van der Waals surface area contributed by atoms with Crippen LogP contribution in [0.2, 0.25) is 0 Å². The lowest BCUT2D eigenvalue weighted by Gasteiger charge is -2.27. The fourth-order valence-electron chi connectivity index (χ4n) is 1.63. The van der Waals surface area contributed by atoms with Crippen molar-refractivity contribution in [2.24, 2.45) is 0 Å². The second-order valence-corrected chi connectivity index (χ2v) is 6.25. The van der Waals surface area contributed by atoms with Crippen LogP contribution in [0.1, 0.15) is 39.2 Å². The first-order chi connectivity index (χ1) is 7.96. The van der Waals surface area contributed by atoms with Gasteiger partial charge >= 0.3 is 6.09 Å². The molecule has 94 valence electrons. The van der Waals surface area contributed by atoms with E-state index in [2.05, 4.69) is 11.4 Å². The quantitative estimate of drug-likeness (QED) is 0.823. The van der Waals surface area contributed by atoms with Crippen LogP contribution in [0.3, 0.4) is 0 Å². The Bertz CT molecular complexity index is 377. The Labute approximate surface area is 106 Å². The lowest BCUT2D eigenvalue weighted by Crippen LogP contribution is -2.37. The molecular formula is C13H19NO2S. The van der Waals surface area contributed by atoms with Crippen molar-refractivity contribution >= 4 is 17.4 Å². The molecule has 0 spiro atoms. The molecule has 1 saturated carbocycles. The van der Waals surface area contributed by atoms with Crippen molar-refractivity contribution in [1.82, 2.24) is 4.90 Å². The van der Waals surface area contributed by atoms with Gasteiger partial charge in [0.1, 0.15) is 5.60 Å². The van der Waals surface area contributed by atoms with Crippen LogP contribution in [-0.4, -0.2) is 22.6 Å². The predicted molar refractivity (Wildman–Crippen MR) is 69.1 cm³/mol. The third kappa shape index (κ3) is 3.73. The Morgan fingerprint density at radius 1 is 1.53 bits per heavy atom. The van der Waals surface area contributed by atoms with Gasteiger partial charge < -0.3 is 9.64 Å². The van der Waals surface area contributed by atoms with Gasteiger partial charge in [-0.2, -0.15) is 11.3 Å². The number of nitrogens with zero attached hydrogens (tertiary/aromatic N) is 1. The number of ether oxygens (including phenoxy) is 1. The summed E-state index contributed by atoms with van der Waals surface area (Å²) in [4.78, 5) is 13.9. The third-order valence-corrected chi connectivity index (χ3v) is 3.28. The van der Waals surface area contributed by atoms with E-state index in [1.54, 1.807) is 11.3 Å². The van der Waals surface area contributed by atoms with Gasteiger partial charge in [0.2, 0.25) is 0 Å². The van der Waals surface area contributed by atoms with E-state index < -0.39 is 5.60 Å². The summed E-state index contributed by atoms with van der Waals surface area (Å²) in [7, 11) is 0. The highest BCUT2D eigenvalue weighted by Crippen LogP contribution is 2.30. The Kier molecular flexibility index (Phi) is 3.43. The van der Waals surface area contributed by atoms with Gasteiger partial charge in [0.05, 0.1) is 6.54 Å². The van der Waals surface area contributed by atoms with E-state index in [1.165, 1.54) is 5.56 Å². The summed E-state index contributed by atoms with van der Waals surface area (Å²) in [5.41, 5.74) is 0.770. The van der Waals surface area contributed by atoms with E-state index >= 15 is 0 Å². The van der Waals surface area contributed by atoms with Crippen molar-refractivity contribution in [2.45, 2.75) is 51.8 Å². The first-order valence-electron chi connectivity index (χ1n) is 5.96. The lowest BCUT2D eigenvalue weighted by atomic mass is 10.2. The van der Waals surface area contributed by atoms with Gasteiger partial charge in [0, 0.05) is 6.04 Å². The summed E-state index contributed by atoms with van der Waals surface area (Å²) in [6.07, 6.45) is 2.01. The van der Waals surface area contributed by atoms with E-state index in [-0.39, 0.29) is 6.09 Å². The molecule has 1 aliphatic carbocycles. The van der Waals surface area contributed by atoms with E-state index in [0.717, 1.165) is 12.8 Å². The normalized spacial score (nSPS) is 15.7. The molecule has 17 heavy (non-hydrogen) atoms. The zero-order chi connectivity index (χ0) is 12.5. The monoisotopic (exact) mass is 253 g/mol. The summed E-state index contributed by atoms with van der Waals surface area (Å²) in [6.45, 7) is 6.38. The average molecular weight is 253 g/mol. The Morgan fingerprint density at radius 2 is 2.24 bits per heavy atom. The van der Waals surface area contributed by atoms with Crippen LogP contribution >= 0.6 is 11.3 Å². The number of carbonyl (C=O) groups is 1. The molecule has 0 N–H and O–H groups in total.